The van der Waals surface area contributed by atoms with E-state index < -0.39 is 5.91 Å². The van der Waals surface area contributed by atoms with Gasteiger partial charge in [-0.1, -0.05) is 15.9 Å². The van der Waals surface area contributed by atoms with Gasteiger partial charge < -0.3 is 10.4 Å². The smallest absolute Gasteiger partial charge is 0.269 e. The Labute approximate surface area is 115 Å². The van der Waals surface area contributed by atoms with Crippen molar-refractivity contribution < 1.29 is 9.90 Å². The van der Waals surface area contributed by atoms with Gasteiger partial charge in [-0.25, -0.2) is 0 Å². The van der Waals surface area contributed by atoms with E-state index in [1.54, 1.807) is 12.1 Å². The molecule has 6 heteroatoms. The van der Waals surface area contributed by atoms with Crippen LogP contribution in [0, 0.1) is 18.3 Å². The molecule has 1 aromatic carbocycles. The van der Waals surface area contributed by atoms with E-state index in [1.807, 2.05) is 13.0 Å². The van der Waals surface area contributed by atoms with Crippen molar-refractivity contribution in [2.24, 2.45) is 0 Å². The van der Waals surface area contributed by atoms with Crippen LogP contribution in [0.25, 0.3) is 0 Å². The molecule has 0 unspecified atom stereocenters. The van der Waals surface area contributed by atoms with Crippen LogP contribution in [0.4, 0.5) is 5.69 Å². The third-order valence-corrected chi connectivity index (χ3v) is 3.47. The fourth-order valence-electron chi connectivity index (χ4n) is 1.14. The Hall–Kier alpha value is -1.32. The van der Waals surface area contributed by atoms with E-state index in [4.69, 9.17) is 10.4 Å². The number of hydrogen-bond acceptors (Lipinski definition) is 3. The lowest BCUT2D eigenvalue weighted by Crippen LogP contribution is -2.14. The number of nitrogens with one attached hydrogen (secondary N) is 1. The Bertz CT molecular complexity index is 533. The molecule has 0 saturated carbocycles. The van der Waals surface area contributed by atoms with Crippen LogP contribution in [-0.2, 0) is 4.79 Å². The number of nitriles is 1. The summed E-state index contributed by atoms with van der Waals surface area (Å²) >= 11 is 6.64. The minimum absolute atomic E-state index is 0.352. The SMILES string of the molecule is Cc1cc(Br)cc(NC(=O)/C(C#N)=C/O)c1Br. The van der Waals surface area contributed by atoms with Crippen LogP contribution in [0.15, 0.2) is 32.9 Å². The summed E-state index contributed by atoms with van der Waals surface area (Å²) in [6.07, 6.45) is 0.480. The average Bonchev–Trinajstić information content (AvgIpc) is 2.27. The first kappa shape index (κ1) is 13.7. The molecule has 0 aliphatic heterocycles. The molecule has 2 N–H and O–H groups in total. The molecule has 0 fully saturated rings. The molecule has 1 amide bonds. The highest BCUT2D eigenvalue weighted by atomic mass is 79.9. The van der Waals surface area contributed by atoms with Gasteiger partial charge in [0.15, 0.2) is 5.57 Å². The Morgan fingerprint density at radius 1 is 1.53 bits per heavy atom. The van der Waals surface area contributed by atoms with E-state index in [2.05, 4.69) is 37.2 Å². The number of carbonyl (C=O) groups excluding carboxylic acids is 1. The van der Waals surface area contributed by atoms with Crippen molar-refractivity contribution in [3.05, 3.63) is 38.5 Å². The number of aryl methyl sites for hydroxylation is 1. The minimum Gasteiger partial charge on any atom is -0.514 e. The fourth-order valence-corrected chi connectivity index (χ4v) is 2.04. The summed E-state index contributed by atoms with van der Waals surface area (Å²) in [7, 11) is 0. The van der Waals surface area contributed by atoms with Crippen molar-refractivity contribution in [3.8, 4) is 6.07 Å². The Morgan fingerprint density at radius 3 is 2.71 bits per heavy atom. The van der Waals surface area contributed by atoms with E-state index in [0.29, 0.717) is 11.9 Å². The highest BCUT2D eigenvalue weighted by molar-refractivity contribution is 9.11. The van der Waals surface area contributed by atoms with E-state index in [1.165, 1.54) is 0 Å². The molecule has 0 saturated heterocycles. The highest BCUT2D eigenvalue weighted by Crippen LogP contribution is 2.30. The topological polar surface area (TPSA) is 73.1 Å². The predicted octanol–water partition coefficient (Wildman–Crippen LogP) is 3.42. The molecule has 1 aromatic rings. The van der Waals surface area contributed by atoms with E-state index >= 15 is 0 Å². The first-order chi connectivity index (χ1) is 7.99. The number of anilines is 1. The van der Waals surface area contributed by atoms with Gasteiger partial charge in [0.1, 0.15) is 12.3 Å². The van der Waals surface area contributed by atoms with Gasteiger partial charge in [-0.05, 0) is 40.5 Å². The molecule has 0 aliphatic carbocycles. The zero-order chi connectivity index (χ0) is 13.0. The molecule has 4 nitrogen and oxygen atoms in total. The molecule has 0 aromatic heterocycles. The lowest BCUT2D eigenvalue weighted by molar-refractivity contribution is -0.112. The number of carbonyl (C=O) groups is 1. The van der Waals surface area contributed by atoms with Crippen molar-refractivity contribution in [3.63, 3.8) is 0 Å². The van der Waals surface area contributed by atoms with Crippen LogP contribution < -0.4 is 5.32 Å². The fraction of sp³-hybridized carbons (Fsp3) is 0.0909. The maximum Gasteiger partial charge on any atom is 0.269 e. The number of benzene rings is 1. The molecule has 0 spiro atoms. The quantitative estimate of drug-likeness (QED) is 0.482. The van der Waals surface area contributed by atoms with Crippen LogP contribution in [0.5, 0.6) is 0 Å². The van der Waals surface area contributed by atoms with Gasteiger partial charge in [0.05, 0.1) is 5.69 Å². The normalized spacial score (nSPS) is 10.8. The molecular formula is C11H8Br2N2O2. The minimum atomic E-state index is -0.659. The molecule has 0 bridgehead atoms. The number of rotatable bonds is 2. The standard InChI is InChI=1S/C11H8Br2N2O2/c1-6-2-8(12)3-9(10(6)13)15-11(17)7(4-14)5-16/h2-3,5,16H,1H3,(H,15,17)/b7-5+. The summed E-state index contributed by atoms with van der Waals surface area (Å²) in [6, 6.07) is 5.17. The molecule has 0 atom stereocenters. The van der Waals surface area contributed by atoms with E-state index in [0.717, 1.165) is 14.5 Å². The van der Waals surface area contributed by atoms with E-state index in [-0.39, 0.29) is 5.57 Å². The Morgan fingerprint density at radius 2 is 2.18 bits per heavy atom. The van der Waals surface area contributed by atoms with Gasteiger partial charge in [0.2, 0.25) is 0 Å². The maximum atomic E-state index is 11.6. The van der Waals surface area contributed by atoms with Crippen LogP contribution in [0.2, 0.25) is 0 Å². The lowest BCUT2D eigenvalue weighted by atomic mass is 10.2. The zero-order valence-corrected chi connectivity index (χ0v) is 12.0. The first-order valence-electron chi connectivity index (χ1n) is 4.51. The van der Waals surface area contributed by atoms with Crippen LogP contribution in [0.3, 0.4) is 0 Å². The molecule has 0 heterocycles. The number of halogens is 2. The molecule has 0 aliphatic rings. The molecule has 88 valence electrons. The number of nitrogens with zero attached hydrogens (tertiary/aromatic N) is 1. The number of aliphatic hydroxyl groups excluding tert-OH is 1. The summed E-state index contributed by atoms with van der Waals surface area (Å²) in [5.74, 6) is -0.659. The van der Waals surface area contributed by atoms with Crippen LogP contribution in [-0.4, -0.2) is 11.0 Å². The van der Waals surface area contributed by atoms with Crippen LogP contribution >= 0.6 is 31.9 Å². The van der Waals surface area contributed by atoms with Crippen LogP contribution in [0.1, 0.15) is 5.56 Å². The zero-order valence-electron chi connectivity index (χ0n) is 8.79. The second-order valence-electron chi connectivity index (χ2n) is 3.19. The number of hydrogen-bond donors (Lipinski definition) is 2. The summed E-state index contributed by atoms with van der Waals surface area (Å²) in [6.45, 7) is 1.87. The van der Waals surface area contributed by atoms with Gasteiger partial charge in [-0.3, -0.25) is 4.79 Å². The highest BCUT2D eigenvalue weighted by Gasteiger charge is 2.12. The third-order valence-electron chi connectivity index (χ3n) is 1.96. The average molecular weight is 360 g/mol. The first-order valence-corrected chi connectivity index (χ1v) is 6.09. The van der Waals surface area contributed by atoms with Crippen molar-refractivity contribution in [2.45, 2.75) is 6.92 Å². The van der Waals surface area contributed by atoms with Crippen molar-refractivity contribution >= 4 is 43.5 Å². The number of amides is 1. The summed E-state index contributed by atoms with van der Waals surface area (Å²) in [5, 5.41) is 19.8. The number of aliphatic hydroxyl groups is 1. The van der Waals surface area contributed by atoms with Crippen molar-refractivity contribution in [2.75, 3.05) is 5.32 Å². The lowest BCUT2D eigenvalue weighted by Gasteiger charge is -2.09. The van der Waals surface area contributed by atoms with Crippen molar-refractivity contribution in [1.29, 1.82) is 5.26 Å². The van der Waals surface area contributed by atoms with Gasteiger partial charge in [0.25, 0.3) is 5.91 Å². The Balaban J connectivity index is 3.05. The Kier molecular flexibility index (Phi) is 4.73. The summed E-state index contributed by atoms with van der Waals surface area (Å²) in [5.41, 5.74) is 1.10. The van der Waals surface area contributed by atoms with E-state index in [9.17, 15) is 4.79 Å². The van der Waals surface area contributed by atoms with Gasteiger partial charge in [-0.15, -0.1) is 0 Å². The largest absolute Gasteiger partial charge is 0.514 e. The van der Waals surface area contributed by atoms with Gasteiger partial charge in [0, 0.05) is 8.95 Å². The molecule has 1 rings (SSSR count). The molecule has 17 heavy (non-hydrogen) atoms. The summed E-state index contributed by atoms with van der Waals surface area (Å²) < 4.78 is 1.53. The second-order valence-corrected chi connectivity index (χ2v) is 4.90. The third kappa shape index (κ3) is 3.32. The second kappa shape index (κ2) is 5.84. The predicted molar refractivity (Wildman–Crippen MR) is 71.5 cm³/mol. The van der Waals surface area contributed by atoms with Gasteiger partial charge >= 0.3 is 0 Å². The van der Waals surface area contributed by atoms with Crippen molar-refractivity contribution in [1.82, 2.24) is 0 Å². The maximum absolute atomic E-state index is 11.6. The monoisotopic (exact) mass is 358 g/mol. The molecular weight excluding hydrogens is 352 g/mol. The van der Waals surface area contributed by atoms with Gasteiger partial charge in [-0.2, -0.15) is 5.26 Å². The molecule has 0 radical (unpaired) electrons. The summed E-state index contributed by atoms with van der Waals surface area (Å²) in [4.78, 5) is 11.6.